The molecule has 78 valence electrons. The Balaban J connectivity index is 2.24. The Bertz CT molecular complexity index is 108. The summed E-state index contributed by atoms with van der Waals surface area (Å²) < 4.78 is 0. The van der Waals surface area contributed by atoms with Crippen molar-refractivity contribution in [3.8, 4) is 0 Å². The molecule has 0 nitrogen and oxygen atoms in total. The van der Waals surface area contributed by atoms with Gasteiger partial charge in [0, 0.05) is 5.25 Å². The lowest BCUT2D eigenvalue weighted by Crippen LogP contribution is -2.02. The summed E-state index contributed by atoms with van der Waals surface area (Å²) in [4.78, 5) is 0. The number of hydrogen-bond donors (Lipinski definition) is 1. The summed E-state index contributed by atoms with van der Waals surface area (Å²) in [5.74, 6) is 0.938. The van der Waals surface area contributed by atoms with E-state index in [-0.39, 0.29) is 0 Å². The highest BCUT2D eigenvalue weighted by molar-refractivity contribution is 7.80. The predicted molar refractivity (Wildman–Crippen MR) is 63.5 cm³/mol. The smallest absolute Gasteiger partial charge is 0.00169 e. The maximum absolute atomic E-state index is 4.64. The molecular formula is C12H24S. The van der Waals surface area contributed by atoms with Gasteiger partial charge in [0.1, 0.15) is 0 Å². The molecule has 2 unspecified atom stereocenters. The van der Waals surface area contributed by atoms with Gasteiger partial charge in [0.2, 0.25) is 0 Å². The number of hydrogen-bond acceptors (Lipinski definition) is 1. The second kappa shape index (κ2) is 6.75. The van der Waals surface area contributed by atoms with Gasteiger partial charge in [0.15, 0.2) is 0 Å². The second-order valence-corrected chi connectivity index (χ2v) is 5.41. The van der Waals surface area contributed by atoms with Crippen molar-refractivity contribution in [3.63, 3.8) is 0 Å². The van der Waals surface area contributed by atoms with Crippen LogP contribution in [0.15, 0.2) is 0 Å². The zero-order valence-electron chi connectivity index (χ0n) is 8.97. The first-order chi connectivity index (χ1) is 6.29. The molecule has 1 fully saturated rings. The summed E-state index contributed by atoms with van der Waals surface area (Å²) in [7, 11) is 0. The summed E-state index contributed by atoms with van der Waals surface area (Å²) in [6.45, 7) is 2.40. The van der Waals surface area contributed by atoms with Crippen LogP contribution in [0.5, 0.6) is 0 Å². The average molecular weight is 200 g/mol. The normalized spacial score (nSPS) is 33.7. The highest BCUT2D eigenvalue weighted by Gasteiger charge is 2.08. The molecule has 0 bridgehead atoms. The molecule has 0 heterocycles. The van der Waals surface area contributed by atoms with Crippen LogP contribution in [0.3, 0.4) is 0 Å². The Kier molecular flexibility index (Phi) is 5.93. The Morgan fingerprint density at radius 2 is 1.38 bits per heavy atom. The van der Waals surface area contributed by atoms with Gasteiger partial charge in [-0.3, -0.25) is 0 Å². The van der Waals surface area contributed by atoms with Gasteiger partial charge in [0.05, 0.1) is 0 Å². The first-order valence-electron chi connectivity index (χ1n) is 5.97. The third kappa shape index (κ3) is 5.61. The van der Waals surface area contributed by atoms with Gasteiger partial charge < -0.3 is 0 Å². The third-order valence-corrected chi connectivity index (χ3v) is 3.74. The third-order valence-electron chi connectivity index (χ3n) is 3.23. The zero-order valence-corrected chi connectivity index (χ0v) is 9.86. The largest absolute Gasteiger partial charge is 0.176 e. The van der Waals surface area contributed by atoms with Gasteiger partial charge in [-0.1, -0.05) is 45.4 Å². The maximum atomic E-state index is 4.64. The molecule has 0 aromatic heterocycles. The SMILES string of the molecule is CC1CCCCCCCC(S)CC1. The van der Waals surface area contributed by atoms with Crippen LogP contribution in [0.4, 0.5) is 0 Å². The van der Waals surface area contributed by atoms with Crippen molar-refractivity contribution in [2.24, 2.45) is 5.92 Å². The first-order valence-corrected chi connectivity index (χ1v) is 6.48. The van der Waals surface area contributed by atoms with Crippen LogP contribution in [0.1, 0.15) is 64.7 Å². The van der Waals surface area contributed by atoms with Crippen LogP contribution in [-0.2, 0) is 0 Å². The van der Waals surface area contributed by atoms with Crippen LogP contribution >= 0.6 is 12.6 Å². The standard InChI is InChI=1S/C12H24S/c1-11-7-5-3-2-4-6-8-12(13)10-9-11/h11-13H,2-10H2,1H3. The molecule has 1 heteroatoms. The Labute approximate surface area is 88.9 Å². The van der Waals surface area contributed by atoms with E-state index in [4.69, 9.17) is 0 Å². The van der Waals surface area contributed by atoms with Crippen LogP contribution in [0, 0.1) is 5.92 Å². The van der Waals surface area contributed by atoms with Gasteiger partial charge in [-0.05, 0) is 25.2 Å². The fourth-order valence-electron chi connectivity index (χ4n) is 2.17. The Morgan fingerprint density at radius 3 is 2.15 bits per heavy atom. The molecule has 0 aliphatic heterocycles. The van der Waals surface area contributed by atoms with E-state index in [1.54, 1.807) is 0 Å². The second-order valence-electron chi connectivity index (χ2n) is 4.68. The van der Waals surface area contributed by atoms with Crippen molar-refractivity contribution in [1.29, 1.82) is 0 Å². The van der Waals surface area contributed by atoms with Crippen LogP contribution in [0.2, 0.25) is 0 Å². The zero-order chi connectivity index (χ0) is 9.52. The van der Waals surface area contributed by atoms with E-state index in [0.29, 0.717) is 5.25 Å². The van der Waals surface area contributed by atoms with Crippen molar-refractivity contribution in [1.82, 2.24) is 0 Å². The summed E-state index contributed by atoms with van der Waals surface area (Å²) >= 11 is 4.64. The number of thiol groups is 1. The molecule has 1 aliphatic rings. The average Bonchev–Trinajstić information content (AvgIpc) is 2.15. The van der Waals surface area contributed by atoms with Gasteiger partial charge in [-0.25, -0.2) is 0 Å². The number of rotatable bonds is 0. The molecule has 0 N–H and O–H groups in total. The fraction of sp³-hybridized carbons (Fsp3) is 1.00. The predicted octanol–water partition coefficient (Wildman–Crippen LogP) is 4.45. The molecule has 0 radical (unpaired) electrons. The fourth-order valence-corrected chi connectivity index (χ4v) is 2.50. The first kappa shape index (κ1) is 11.4. The molecule has 13 heavy (non-hydrogen) atoms. The van der Waals surface area contributed by atoms with Gasteiger partial charge in [-0.15, -0.1) is 0 Å². The lowest BCUT2D eigenvalue weighted by atomic mass is 9.97. The monoisotopic (exact) mass is 200 g/mol. The van der Waals surface area contributed by atoms with E-state index in [2.05, 4.69) is 19.6 Å². The highest BCUT2D eigenvalue weighted by atomic mass is 32.1. The minimum Gasteiger partial charge on any atom is -0.176 e. The lowest BCUT2D eigenvalue weighted by Gasteiger charge is -2.13. The van der Waals surface area contributed by atoms with Crippen molar-refractivity contribution in [3.05, 3.63) is 0 Å². The Morgan fingerprint density at radius 1 is 0.769 bits per heavy atom. The summed E-state index contributed by atoms with van der Waals surface area (Å²) in [5.41, 5.74) is 0. The van der Waals surface area contributed by atoms with Gasteiger partial charge in [0.25, 0.3) is 0 Å². The summed E-state index contributed by atoms with van der Waals surface area (Å²) in [5, 5.41) is 0.681. The van der Waals surface area contributed by atoms with Crippen molar-refractivity contribution < 1.29 is 0 Å². The molecular weight excluding hydrogens is 176 g/mol. The molecule has 1 saturated carbocycles. The minimum atomic E-state index is 0.681. The molecule has 0 aromatic rings. The van der Waals surface area contributed by atoms with E-state index in [9.17, 15) is 0 Å². The van der Waals surface area contributed by atoms with E-state index < -0.39 is 0 Å². The van der Waals surface area contributed by atoms with Crippen molar-refractivity contribution >= 4 is 12.6 Å². The van der Waals surface area contributed by atoms with Crippen molar-refractivity contribution in [2.45, 2.75) is 70.0 Å². The van der Waals surface area contributed by atoms with E-state index in [1.807, 2.05) is 0 Å². The quantitative estimate of drug-likeness (QED) is 0.549. The Hall–Kier alpha value is 0.350. The topological polar surface area (TPSA) is 0 Å². The maximum Gasteiger partial charge on any atom is 0.00169 e. The molecule has 0 spiro atoms. The molecule has 1 rings (SSSR count). The summed E-state index contributed by atoms with van der Waals surface area (Å²) in [6, 6.07) is 0. The summed E-state index contributed by atoms with van der Waals surface area (Å²) in [6.07, 6.45) is 12.7. The molecule has 2 atom stereocenters. The minimum absolute atomic E-state index is 0.681. The molecule has 0 aromatic carbocycles. The van der Waals surface area contributed by atoms with E-state index >= 15 is 0 Å². The molecule has 0 amide bonds. The van der Waals surface area contributed by atoms with Crippen LogP contribution in [-0.4, -0.2) is 5.25 Å². The van der Waals surface area contributed by atoms with Gasteiger partial charge >= 0.3 is 0 Å². The van der Waals surface area contributed by atoms with Crippen LogP contribution in [0.25, 0.3) is 0 Å². The van der Waals surface area contributed by atoms with E-state index in [1.165, 1.54) is 57.8 Å². The highest BCUT2D eigenvalue weighted by Crippen LogP contribution is 2.22. The van der Waals surface area contributed by atoms with E-state index in [0.717, 1.165) is 5.92 Å². The van der Waals surface area contributed by atoms with Crippen LogP contribution < -0.4 is 0 Å². The van der Waals surface area contributed by atoms with Crippen molar-refractivity contribution in [2.75, 3.05) is 0 Å². The molecule has 0 saturated heterocycles. The lowest BCUT2D eigenvalue weighted by molar-refractivity contribution is 0.450. The van der Waals surface area contributed by atoms with Gasteiger partial charge in [-0.2, -0.15) is 12.6 Å². The molecule has 1 aliphatic carbocycles.